The Morgan fingerprint density at radius 3 is 3.13 bits per heavy atom. The fourth-order valence-electron chi connectivity index (χ4n) is 1.41. The van der Waals surface area contributed by atoms with Crippen molar-refractivity contribution in [3.8, 4) is 11.3 Å². The van der Waals surface area contributed by atoms with E-state index in [2.05, 4.69) is 15.1 Å². The number of pyridine rings is 1. The van der Waals surface area contributed by atoms with E-state index in [1.807, 2.05) is 17.5 Å². The molecule has 2 N–H and O–H groups in total. The first-order valence-corrected chi connectivity index (χ1v) is 5.23. The lowest BCUT2D eigenvalue weighted by molar-refractivity contribution is 0.991. The smallest absolute Gasteiger partial charge is 0.241 e. The van der Waals surface area contributed by atoms with Crippen molar-refractivity contribution in [1.82, 2.24) is 19.6 Å². The summed E-state index contributed by atoms with van der Waals surface area (Å²) in [6, 6.07) is 3.87. The first kappa shape index (κ1) is 8.37. The third-order valence-electron chi connectivity index (χ3n) is 2.06. The highest BCUT2D eigenvalue weighted by molar-refractivity contribution is 7.15. The van der Waals surface area contributed by atoms with Gasteiger partial charge in [-0.3, -0.25) is 4.98 Å². The molecule has 0 fully saturated rings. The number of rotatable bonds is 1. The van der Waals surface area contributed by atoms with Crippen LogP contribution in [0, 0.1) is 0 Å². The number of aromatic nitrogens is 4. The Morgan fingerprint density at radius 2 is 2.33 bits per heavy atom. The van der Waals surface area contributed by atoms with Crippen LogP contribution < -0.4 is 5.73 Å². The van der Waals surface area contributed by atoms with Crippen LogP contribution in [0.4, 0.5) is 5.95 Å². The SMILES string of the molecule is Nc1nc2scc(-c3cccnc3)n2n1. The number of fused-ring (bicyclic) bond motifs is 1. The number of nitrogens with two attached hydrogens (primary N) is 1. The molecule has 0 aliphatic rings. The van der Waals surface area contributed by atoms with E-state index in [1.165, 1.54) is 11.3 Å². The second-order valence-corrected chi connectivity index (χ2v) is 3.86. The standard InChI is InChI=1S/C9H7N5S/c10-8-12-9-14(13-8)7(5-15-9)6-2-1-3-11-4-6/h1-5H,(H2,10,13). The van der Waals surface area contributed by atoms with Crippen LogP contribution in [0.25, 0.3) is 16.2 Å². The van der Waals surface area contributed by atoms with Crippen LogP contribution in [0.15, 0.2) is 29.9 Å². The summed E-state index contributed by atoms with van der Waals surface area (Å²) in [5, 5.41) is 6.11. The quantitative estimate of drug-likeness (QED) is 0.669. The lowest BCUT2D eigenvalue weighted by Gasteiger charge is -1.95. The van der Waals surface area contributed by atoms with Crippen LogP contribution in [-0.4, -0.2) is 19.6 Å². The van der Waals surface area contributed by atoms with E-state index in [4.69, 9.17) is 5.73 Å². The Labute approximate surface area is 89.2 Å². The van der Waals surface area contributed by atoms with Crippen molar-refractivity contribution < 1.29 is 0 Å². The summed E-state index contributed by atoms with van der Waals surface area (Å²) < 4.78 is 1.73. The second-order valence-electron chi connectivity index (χ2n) is 3.03. The van der Waals surface area contributed by atoms with Gasteiger partial charge in [-0.1, -0.05) is 0 Å². The first-order valence-electron chi connectivity index (χ1n) is 4.35. The highest BCUT2D eigenvalue weighted by Crippen LogP contribution is 2.24. The largest absolute Gasteiger partial charge is 0.366 e. The second kappa shape index (κ2) is 3.03. The van der Waals surface area contributed by atoms with Crippen LogP contribution in [0.3, 0.4) is 0 Å². The molecular formula is C9H7N5S. The van der Waals surface area contributed by atoms with Gasteiger partial charge in [0, 0.05) is 23.3 Å². The van der Waals surface area contributed by atoms with Gasteiger partial charge in [-0.05, 0) is 12.1 Å². The van der Waals surface area contributed by atoms with Gasteiger partial charge in [0.05, 0.1) is 5.69 Å². The molecule has 3 aromatic heterocycles. The Morgan fingerprint density at radius 1 is 1.40 bits per heavy atom. The number of thiazole rings is 1. The molecule has 0 saturated heterocycles. The minimum absolute atomic E-state index is 0.298. The molecule has 0 unspecified atom stereocenters. The van der Waals surface area contributed by atoms with Crippen LogP contribution >= 0.6 is 11.3 Å². The fraction of sp³-hybridized carbons (Fsp3) is 0. The summed E-state index contributed by atoms with van der Waals surface area (Å²) in [7, 11) is 0. The third kappa shape index (κ3) is 1.26. The van der Waals surface area contributed by atoms with Gasteiger partial charge < -0.3 is 5.73 Å². The van der Waals surface area contributed by atoms with Gasteiger partial charge in [0.15, 0.2) is 0 Å². The topological polar surface area (TPSA) is 69.1 Å². The monoisotopic (exact) mass is 217 g/mol. The number of hydrogen-bond acceptors (Lipinski definition) is 5. The highest BCUT2D eigenvalue weighted by atomic mass is 32.1. The summed E-state index contributed by atoms with van der Waals surface area (Å²) in [6.45, 7) is 0. The predicted molar refractivity (Wildman–Crippen MR) is 58.5 cm³/mol. The highest BCUT2D eigenvalue weighted by Gasteiger charge is 2.09. The van der Waals surface area contributed by atoms with Crippen molar-refractivity contribution in [2.75, 3.05) is 5.73 Å². The Kier molecular flexibility index (Phi) is 1.69. The van der Waals surface area contributed by atoms with Crippen LogP contribution in [0.5, 0.6) is 0 Å². The minimum Gasteiger partial charge on any atom is -0.366 e. The summed E-state index contributed by atoms with van der Waals surface area (Å²) >= 11 is 1.51. The zero-order valence-electron chi connectivity index (χ0n) is 7.66. The molecule has 74 valence electrons. The maximum absolute atomic E-state index is 5.53. The number of nitrogens with zero attached hydrogens (tertiary/aromatic N) is 4. The molecule has 0 radical (unpaired) electrons. The number of hydrogen-bond donors (Lipinski definition) is 1. The molecule has 15 heavy (non-hydrogen) atoms. The van der Waals surface area contributed by atoms with Crippen molar-refractivity contribution in [1.29, 1.82) is 0 Å². The van der Waals surface area contributed by atoms with E-state index in [-0.39, 0.29) is 0 Å². The molecule has 3 rings (SSSR count). The van der Waals surface area contributed by atoms with E-state index in [0.717, 1.165) is 16.2 Å². The van der Waals surface area contributed by atoms with Gasteiger partial charge in [-0.15, -0.1) is 16.4 Å². The van der Waals surface area contributed by atoms with Crippen molar-refractivity contribution in [3.05, 3.63) is 29.9 Å². The first-order chi connectivity index (χ1) is 7.34. The van der Waals surface area contributed by atoms with E-state index in [1.54, 1.807) is 16.9 Å². The molecule has 0 atom stereocenters. The predicted octanol–water partition coefficient (Wildman–Crippen LogP) is 1.43. The Hall–Kier alpha value is -1.95. The molecule has 0 aliphatic carbocycles. The Balaban J connectivity index is 2.27. The maximum atomic E-state index is 5.53. The summed E-state index contributed by atoms with van der Waals surface area (Å²) in [4.78, 5) is 8.95. The van der Waals surface area contributed by atoms with E-state index >= 15 is 0 Å². The van der Waals surface area contributed by atoms with Crippen LogP contribution in [0.2, 0.25) is 0 Å². The third-order valence-corrected chi connectivity index (χ3v) is 2.87. The molecule has 0 saturated carbocycles. The molecule has 3 aromatic rings. The van der Waals surface area contributed by atoms with Gasteiger partial charge in [0.2, 0.25) is 10.9 Å². The number of nitrogen functional groups attached to an aromatic ring is 1. The zero-order valence-corrected chi connectivity index (χ0v) is 8.48. The number of anilines is 1. The molecule has 0 aliphatic heterocycles. The van der Waals surface area contributed by atoms with Crippen molar-refractivity contribution in [3.63, 3.8) is 0 Å². The summed E-state index contributed by atoms with van der Waals surface area (Å²) in [5.74, 6) is 0.298. The molecule has 3 heterocycles. The van der Waals surface area contributed by atoms with Gasteiger partial charge in [-0.25, -0.2) is 4.52 Å². The van der Waals surface area contributed by atoms with Crippen molar-refractivity contribution in [2.45, 2.75) is 0 Å². The lowest BCUT2D eigenvalue weighted by atomic mass is 10.2. The van der Waals surface area contributed by atoms with Crippen LogP contribution in [-0.2, 0) is 0 Å². The lowest BCUT2D eigenvalue weighted by Crippen LogP contribution is -1.91. The molecule has 5 nitrogen and oxygen atoms in total. The van der Waals surface area contributed by atoms with E-state index in [9.17, 15) is 0 Å². The van der Waals surface area contributed by atoms with Gasteiger partial charge >= 0.3 is 0 Å². The van der Waals surface area contributed by atoms with Crippen molar-refractivity contribution >= 4 is 22.2 Å². The molecule has 0 amide bonds. The molecule has 0 spiro atoms. The fourth-order valence-corrected chi connectivity index (χ4v) is 2.25. The van der Waals surface area contributed by atoms with E-state index in [0.29, 0.717) is 5.95 Å². The summed E-state index contributed by atoms with van der Waals surface area (Å²) in [6.07, 6.45) is 3.53. The molecule has 0 aromatic carbocycles. The normalized spacial score (nSPS) is 10.9. The average Bonchev–Trinajstić information content (AvgIpc) is 2.77. The molecule has 0 bridgehead atoms. The summed E-state index contributed by atoms with van der Waals surface area (Å²) in [5.41, 5.74) is 7.50. The molecule has 6 heteroatoms. The van der Waals surface area contributed by atoms with E-state index < -0.39 is 0 Å². The van der Waals surface area contributed by atoms with Gasteiger partial charge in [0.25, 0.3) is 0 Å². The molecular weight excluding hydrogens is 210 g/mol. The zero-order chi connectivity index (χ0) is 10.3. The van der Waals surface area contributed by atoms with Crippen LogP contribution in [0.1, 0.15) is 0 Å². The van der Waals surface area contributed by atoms with Gasteiger partial charge in [-0.2, -0.15) is 4.98 Å². The minimum atomic E-state index is 0.298. The van der Waals surface area contributed by atoms with Crippen molar-refractivity contribution in [2.24, 2.45) is 0 Å². The maximum Gasteiger partial charge on any atom is 0.241 e. The Bertz CT molecular complexity index is 597. The van der Waals surface area contributed by atoms with Gasteiger partial charge in [0.1, 0.15) is 0 Å². The average molecular weight is 217 g/mol.